The Balaban J connectivity index is 1.36. The Bertz CT molecular complexity index is 505. The number of nitrogen functional groups attached to an aromatic ring is 1. The molecule has 1 aromatic rings. The molecule has 0 bridgehead atoms. The number of benzene rings is 1. The minimum absolute atomic E-state index is 0.156. The lowest BCUT2D eigenvalue weighted by atomic mass is 10.0. The number of anilines is 1. The molecule has 0 unspecified atom stereocenters. The molecule has 1 aliphatic carbocycles. The lowest BCUT2D eigenvalue weighted by molar-refractivity contribution is -0.122. The van der Waals surface area contributed by atoms with Crippen molar-refractivity contribution in [2.24, 2.45) is 5.92 Å². The van der Waals surface area contributed by atoms with Gasteiger partial charge in [-0.25, -0.2) is 0 Å². The van der Waals surface area contributed by atoms with E-state index in [0.29, 0.717) is 12.5 Å². The molecule has 0 spiro atoms. The van der Waals surface area contributed by atoms with Crippen LogP contribution in [0.2, 0.25) is 0 Å². The first-order valence-electron chi connectivity index (χ1n) is 8.56. The third-order valence-corrected chi connectivity index (χ3v) is 4.84. The van der Waals surface area contributed by atoms with E-state index >= 15 is 0 Å². The van der Waals surface area contributed by atoms with Crippen molar-refractivity contribution >= 4 is 11.6 Å². The van der Waals surface area contributed by atoms with E-state index < -0.39 is 0 Å². The van der Waals surface area contributed by atoms with Crippen molar-refractivity contribution in [2.45, 2.75) is 44.6 Å². The van der Waals surface area contributed by atoms with Gasteiger partial charge in [0.2, 0.25) is 5.91 Å². The summed E-state index contributed by atoms with van der Waals surface area (Å²) >= 11 is 0. The summed E-state index contributed by atoms with van der Waals surface area (Å²) in [5.74, 6) is 1.12. The molecule has 4 heteroatoms. The van der Waals surface area contributed by atoms with Gasteiger partial charge in [0.05, 0.1) is 0 Å². The maximum atomic E-state index is 12.1. The summed E-state index contributed by atoms with van der Waals surface area (Å²) in [6, 6.07) is 8.14. The predicted octanol–water partition coefficient (Wildman–Crippen LogP) is 2.19. The molecule has 2 aliphatic rings. The number of nitrogens with zero attached hydrogens (tertiary/aromatic N) is 1. The fraction of sp³-hybridized carbons (Fsp3) is 0.611. The van der Waals surface area contributed by atoms with Crippen LogP contribution in [0, 0.1) is 5.92 Å². The van der Waals surface area contributed by atoms with Gasteiger partial charge in [0.1, 0.15) is 0 Å². The fourth-order valence-electron chi connectivity index (χ4n) is 3.24. The number of carbonyl (C=O) groups excluding carboxylic acids is 1. The molecule has 1 aliphatic heterocycles. The van der Waals surface area contributed by atoms with Crippen LogP contribution in [0.25, 0.3) is 0 Å². The van der Waals surface area contributed by atoms with Gasteiger partial charge in [-0.2, -0.15) is 0 Å². The molecule has 0 radical (unpaired) electrons. The molecule has 1 saturated carbocycles. The Morgan fingerprint density at radius 2 is 1.91 bits per heavy atom. The molecule has 1 amide bonds. The molecule has 2 fully saturated rings. The van der Waals surface area contributed by atoms with Crippen LogP contribution >= 0.6 is 0 Å². The van der Waals surface area contributed by atoms with E-state index in [1.807, 2.05) is 24.3 Å². The molecule has 3 N–H and O–H groups in total. The van der Waals surface area contributed by atoms with Crippen LogP contribution in [0.15, 0.2) is 24.3 Å². The molecule has 22 heavy (non-hydrogen) atoms. The molecule has 0 aromatic heterocycles. The van der Waals surface area contributed by atoms with Crippen molar-refractivity contribution < 1.29 is 4.79 Å². The SMILES string of the molecule is Nc1ccccc1CCC(=O)NC1CCN(CC2CC2)CC1. The van der Waals surface area contributed by atoms with Crippen LogP contribution < -0.4 is 11.1 Å². The zero-order chi connectivity index (χ0) is 15.4. The largest absolute Gasteiger partial charge is 0.399 e. The quantitative estimate of drug-likeness (QED) is 0.792. The molecule has 4 nitrogen and oxygen atoms in total. The number of hydrogen-bond donors (Lipinski definition) is 2. The van der Waals surface area contributed by atoms with Crippen LogP contribution in [0.5, 0.6) is 0 Å². The summed E-state index contributed by atoms with van der Waals surface area (Å²) in [5, 5.41) is 3.19. The van der Waals surface area contributed by atoms with E-state index in [-0.39, 0.29) is 5.91 Å². The third kappa shape index (κ3) is 4.47. The maximum absolute atomic E-state index is 12.1. The number of carbonyl (C=O) groups is 1. The second-order valence-corrected chi connectivity index (χ2v) is 6.78. The van der Waals surface area contributed by atoms with Gasteiger partial charge in [-0.3, -0.25) is 4.79 Å². The minimum Gasteiger partial charge on any atom is -0.399 e. The Hall–Kier alpha value is -1.55. The first-order chi connectivity index (χ1) is 10.7. The Morgan fingerprint density at radius 3 is 2.59 bits per heavy atom. The predicted molar refractivity (Wildman–Crippen MR) is 89.5 cm³/mol. The van der Waals surface area contributed by atoms with Crippen molar-refractivity contribution in [3.8, 4) is 0 Å². The third-order valence-electron chi connectivity index (χ3n) is 4.84. The van der Waals surface area contributed by atoms with Crippen LogP contribution in [-0.2, 0) is 11.2 Å². The number of likely N-dealkylation sites (tertiary alicyclic amines) is 1. The van der Waals surface area contributed by atoms with E-state index in [2.05, 4.69) is 10.2 Å². The molecule has 1 heterocycles. The van der Waals surface area contributed by atoms with Crippen LogP contribution in [-0.4, -0.2) is 36.5 Å². The number of para-hydroxylation sites is 1. The van der Waals surface area contributed by atoms with Crippen molar-refractivity contribution in [1.82, 2.24) is 10.2 Å². The van der Waals surface area contributed by atoms with E-state index in [0.717, 1.165) is 49.5 Å². The normalized spacial score (nSPS) is 20.0. The highest BCUT2D eigenvalue weighted by molar-refractivity contribution is 5.76. The highest BCUT2D eigenvalue weighted by Crippen LogP contribution is 2.30. The topological polar surface area (TPSA) is 58.4 Å². The monoisotopic (exact) mass is 301 g/mol. The summed E-state index contributed by atoms with van der Waals surface area (Å²) in [6.07, 6.45) is 6.26. The molecular weight excluding hydrogens is 274 g/mol. The van der Waals surface area contributed by atoms with Crippen molar-refractivity contribution in [3.05, 3.63) is 29.8 Å². The lowest BCUT2D eigenvalue weighted by Crippen LogP contribution is -2.45. The van der Waals surface area contributed by atoms with E-state index in [1.54, 1.807) is 0 Å². The number of nitrogens with one attached hydrogen (secondary N) is 1. The Labute approximate surface area is 133 Å². The van der Waals surface area contributed by atoms with E-state index in [1.165, 1.54) is 19.4 Å². The van der Waals surface area contributed by atoms with E-state index in [9.17, 15) is 4.79 Å². The maximum Gasteiger partial charge on any atom is 0.220 e. The smallest absolute Gasteiger partial charge is 0.220 e. The number of nitrogens with two attached hydrogens (primary N) is 1. The number of rotatable bonds is 6. The summed E-state index contributed by atoms with van der Waals surface area (Å²) in [7, 11) is 0. The van der Waals surface area contributed by atoms with Gasteiger partial charge < -0.3 is 16.0 Å². The first-order valence-corrected chi connectivity index (χ1v) is 8.56. The number of aryl methyl sites for hydroxylation is 1. The minimum atomic E-state index is 0.156. The summed E-state index contributed by atoms with van der Waals surface area (Å²) in [4.78, 5) is 14.7. The van der Waals surface area contributed by atoms with Gasteiger partial charge in [0.15, 0.2) is 0 Å². The van der Waals surface area contributed by atoms with Gasteiger partial charge in [-0.05, 0) is 49.7 Å². The number of amides is 1. The van der Waals surface area contributed by atoms with Gasteiger partial charge in [-0.1, -0.05) is 18.2 Å². The molecule has 120 valence electrons. The summed E-state index contributed by atoms with van der Waals surface area (Å²) < 4.78 is 0. The van der Waals surface area contributed by atoms with Crippen molar-refractivity contribution in [3.63, 3.8) is 0 Å². The average Bonchev–Trinajstić information content (AvgIpc) is 3.32. The van der Waals surface area contributed by atoms with Crippen LogP contribution in [0.3, 0.4) is 0 Å². The van der Waals surface area contributed by atoms with Gasteiger partial charge >= 0.3 is 0 Å². The zero-order valence-electron chi connectivity index (χ0n) is 13.3. The Morgan fingerprint density at radius 1 is 1.18 bits per heavy atom. The zero-order valence-corrected chi connectivity index (χ0v) is 13.3. The van der Waals surface area contributed by atoms with Crippen LogP contribution in [0.1, 0.15) is 37.7 Å². The first kappa shape index (κ1) is 15.3. The van der Waals surface area contributed by atoms with E-state index in [4.69, 9.17) is 5.73 Å². The second-order valence-electron chi connectivity index (χ2n) is 6.78. The number of hydrogen-bond acceptors (Lipinski definition) is 3. The molecule has 3 rings (SSSR count). The van der Waals surface area contributed by atoms with Gasteiger partial charge in [0.25, 0.3) is 0 Å². The van der Waals surface area contributed by atoms with Crippen LogP contribution in [0.4, 0.5) is 5.69 Å². The molecule has 1 saturated heterocycles. The highest BCUT2D eigenvalue weighted by atomic mass is 16.1. The molecular formula is C18H27N3O. The standard InChI is InChI=1S/C18H27N3O/c19-17-4-2-1-3-15(17)7-8-18(22)20-16-9-11-21(12-10-16)13-14-5-6-14/h1-4,14,16H,5-13,19H2,(H,20,22). The second kappa shape index (κ2) is 7.14. The molecule has 0 atom stereocenters. The number of piperidine rings is 1. The Kier molecular flexibility index (Phi) is 4.98. The molecule has 1 aromatic carbocycles. The highest BCUT2D eigenvalue weighted by Gasteiger charge is 2.27. The van der Waals surface area contributed by atoms with Crippen molar-refractivity contribution in [2.75, 3.05) is 25.4 Å². The van der Waals surface area contributed by atoms with Gasteiger partial charge in [0, 0.05) is 37.8 Å². The fourth-order valence-corrected chi connectivity index (χ4v) is 3.24. The summed E-state index contributed by atoms with van der Waals surface area (Å²) in [6.45, 7) is 3.54. The van der Waals surface area contributed by atoms with Crippen molar-refractivity contribution in [1.29, 1.82) is 0 Å². The van der Waals surface area contributed by atoms with Gasteiger partial charge in [-0.15, -0.1) is 0 Å². The lowest BCUT2D eigenvalue weighted by Gasteiger charge is -2.32. The average molecular weight is 301 g/mol. The summed E-state index contributed by atoms with van der Waals surface area (Å²) in [5.41, 5.74) is 7.76.